The molecule has 1 saturated heterocycles. The molecule has 110 valence electrons. The molecule has 0 unspecified atom stereocenters. The number of hydrogen-bond acceptors (Lipinski definition) is 2. The molecule has 0 radical (unpaired) electrons. The number of likely N-dealkylation sites (tertiary alicyclic amines) is 1. The lowest BCUT2D eigenvalue weighted by Crippen LogP contribution is -2.44. The SMILES string of the molecule is Fc1cccc(C2CC(NCCN3CCCCC3)C2)c1. The summed E-state index contributed by atoms with van der Waals surface area (Å²) in [4.78, 5) is 2.57. The largest absolute Gasteiger partial charge is 0.313 e. The van der Waals surface area contributed by atoms with Gasteiger partial charge in [0.1, 0.15) is 5.82 Å². The molecule has 0 aromatic heterocycles. The summed E-state index contributed by atoms with van der Waals surface area (Å²) < 4.78 is 13.2. The molecule has 1 N–H and O–H groups in total. The number of benzene rings is 1. The molecule has 1 aromatic carbocycles. The van der Waals surface area contributed by atoms with Gasteiger partial charge >= 0.3 is 0 Å². The Hall–Kier alpha value is -0.930. The molecule has 0 amide bonds. The predicted molar refractivity (Wildman–Crippen MR) is 80.5 cm³/mol. The highest BCUT2D eigenvalue weighted by molar-refractivity contribution is 5.23. The fourth-order valence-electron chi connectivity index (χ4n) is 3.43. The first-order valence-corrected chi connectivity index (χ1v) is 8.02. The standard InChI is InChI=1S/C17H25FN2/c18-16-6-4-5-14(11-16)15-12-17(13-15)19-7-10-20-8-2-1-3-9-20/h4-6,11,15,17,19H,1-3,7-10,12-13H2. The van der Waals surface area contributed by atoms with Crippen molar-refractivity contribution >= 4 is 0 Å². The van der Waals surface area contributed by atoms with E-state index < -0.39 is 0 Å². The first-order chi connectivity index (χ1) is 9.81. The van der Waals surface area contributed by atoms with E-state index in [4.69, 9.17) is 0 Å². The first kappa shape index (κ1) is 14.0. The van der Waals surface area contributed by atoms with E-state index in [1.165, 1.54) is 50.5 Å². The maximum absolute atomic E-state index is 13.2. The van der Waals surface area contributed by atoms with Crippen LogP contribution in [0.2, 0.25) is 0 Å². The molecule has 0 bridgehead atoms. The topological polar surface area (TPSA) is 15.3 Å². The van der Waals surface area contributed by atoms with Crippen molar-refractivity contribution in [2.24, 2.45) is 0 Å². The van der Waals surface area contributed by atoms with Crippen LogP contribution in [0.25, 0.3) is 0 Å². The lowest BCUT2D eigenvalue weighted by Gasteiger charge is -2.37. The normalized spacial score (nSPS) is 27.2. The Balaban J connectivity index is 1.34. The van der Waals surface area contributed by atoms with Gasteiger partial charge in [-0.05, 0) is 62.4 Å². The predicted octanol–water partition coefficient (Wildman–Crippen LogP) is 3.15. The van der Waals surface area contributed by atoms with Crippen LogP contribution in [-0.4, -0.2) is 37.1 Å². The minimum Gasteiger partial charge on any atom is -0.313 e. The Bertz CT molecular complexity index is 423. The van der Waals surface area contributed by atoms with Crippen molar-refractivity contribution in [2.75, 3.05) is 26.2 Å². The third-order valence-corrected chi connectivity index (χ3v) is 4.77. The van der Waals surface area contributed by atoms with Crippen molar-refractivity contribution < 1.29 is 4.39 Å². The molecule has 20 heavy (non-hydrogen) atoms. The summed E-state index contributed by atoms with van der Waals surface area (Å²) in [5.41, 5.74) is 1.17. The summed E-state index contributed by atoms with van der Waals surface area (Å²) in [6, 6.07) is 7.72. The monoisotopic (exact) mass is 276 g/mol. The van der Waals surface area contributed by atoms with E-state index >= 15 is 0 Å². The van der Waals surface area contributed by atoms with Gasteiger partial charge in [-0.15, -0.1) is 0 Å². The molecule has 0 atom stereocenters. The number of rotatable bonds is 5. The van der Waals surface area contributed by atoms with Crippen LogP contribution in [0.15, 0.2) is 24.3 Å². The smallest absolute Gasteiger partial charge is 0.123 e. The van der Waals surface area contributed by atoms with Crippen molar-refractivity contribution in [3.8, 4) is 0 Å². The molecule has 2 fully saturated rings. The number of nitrogens with one attached hydrogen (secondary N) is 1. The third kappa shape index (κ3) is 3.58. The second-order valence-electron chi connectivity index (χ2n) is 6.28. The summed E-state index contributed by atoms with van der Waals surface area (Å²) in [7, 11) is 0. The van der Waals surface area contributed by atoms with Crippen LogP contribution in [0.4, 0.5) is 4.39 Å². The molecule has 3 heteroatoms. The second kappa shape index (κ2) is 6.68. The molecular formula is C17H25FN2. The molecule has 2 aliphatic rings. The Labute approximate surface area is 121 Å². The Morgan fingerprint density at radius 1 is 1.15 bits per heavy atom. The van der Waals surface area contributed by atoms with Gasteiger partial charge in [0.15, 0.2) is 0 Å². The van der Waals surface area contributed by atoms with Crippen LogP contribution in [0.3, 0.4) is 0 Å². The zero-order valence-corrected chi connectivity index (χ0v) is 12.2. The van der Waals surface area contributed by atoms with E-state index in [1.807, 2.05) is 6.07 Å². The van der Waals surface area contributed by atoms with Crippen LogP contribution in [-0.2, 0) is 0 Å². The molecule has 1 aliphatic carbocycles. The van der Waals surface area contributed by atoms with E-state index in [1.54, 1.807) is 6.07 Å². The van der Waals surface area contributed by atoms with E-state index in [-0.39, 0.29) is 5.82 Å². The molecule has 1 aliphatic heterocycles. The van der Waals surface area contributed by atoms with Crippen LogP contribution in [0.1, 0.15) is 43.6 Å². The van der Waals surface area contributed by atoms with Crippen LogP contribution < -0.4 is 5.32 Å². The average Bonchev–Trinajstić information content (AvgIpc) is 2.42. The zero-order chi connectivity index (χ0) is 13.8. The van der Waals surface area contributed by atoms with Gasteiger partial charge in [-0.2, -0.15) is 0 Å². The summed E-state index contributed by atoms with van der Waals surface area (Å²) in [6.45, 7) is 4.83. The van der Waals surface area contributed by atoms with Crippen molar-refractivity contribution in [1.82, 2.24) is 10.2 Å². The Morgan fingerprint density at radius 3 is 2.70 bits per heavy atom. The van der Waals surface area contributed by atoms with Crippen LogP contribution in [0.5, 0.6) is 0 Å². The molecule has 1 heterocycles. The van der Waals surface area contributed by atoms with Crippen molar-refractivity contribution in [3.63, 3.8) is 0 Å². The highest BCUT2D eigenvalue weighted by Crippen LogP contribution is 2.36. The van der Waals surface area contributed by atoms with Gasteiger partial charge in [0, 0.05) is 19.1 Å². The molecule has 1 aromatic rings. The lowest BCUT2D eigenvalue weighted by atomic mass is 9.76. The number of nitrogens with zero attached hydrogens (tertiary/aromatic N) is 1. The second-order valence-corrected chi connectivity index (χ2v) is 6.28. The van der Waals surface area contributed by atoms with Crippen molar-refractivity contribution in [3.05, 3.63) is 35.6 Å². The number of halogens is 1. The Kier molecular flexibility index (Phi) is 4.69. The van der Waals surface area contributed by atoms with Crippen LogP contribution in [0, 0.1) is 5.82 Å². The zero-order valence-electron chi connectivity index (χ0n) is 12.2. The van der Waals surface area contributed by atoms with Gasteiger partial charge in [-0.1, -0.05) is 18.6 Å². The fourth-order valence-corrected chi connectivity index (χ4v) is 3.43. The molecule has 1 saturated carbocycles. The number of piperidine rings is 1. The maximum atomic E-state index is 13.2. The first-order valence-electron chi connectivity index (χ1n) is 8.02. The summed E-state index contributed by atoms with van der Waals surface area (Å²) in [5, 5.41) is 3.65. The van der Waals surface area contributed by atoms with Gasteiger partial charge in [-0.25, -0.2) is 4.39 Å². The molecule has 3 rings (SSSR count). The molecule has 2 nitrogen and oxygen atoms in total. The van der Waals surface area contributed by atoms with Crippen molar-refractivity contribution in [1.29, 1.82) is 0 Å². The number of hydrogen-bond donors (Lipinski definition) is 1. The summed E-state index contributed by atoms with van der Waals surface area (Å²) >= 11 is 0. The van der Waals surface area contributed by atoms with Gasteiger partial charge < -0.3 is 10.2 Å². The Morgan fingerprint density at radius 2 is 1.95 bits per heavy atom. The maximum Gasteiger partial charge on any atom is 0.123 e. The van der Waals surface area contributed by atoms with Crippen molar-refractivity contribution in [2.45, 2.75) is 44.1 Å². The lowest BCUT2D eigenvalue weighted by molar-refractivity contribution is 0.213. The molecule has 0 spiro atoms. The quantitative estimate of drug-likeness (QED) is 0.889. The third-order valence-electron chi connectivity index (χ3n) is 4.77. The van der Waals surface area contributed by atoms with E-state index in [0.717, 1.165) is 19.4 Å². The minimum atomic E-state index is -0.107. The summed E-state index contributed by atoms with van der Waals surface area (Å²) in [6.07, 6.45) is 6.45. The van der Waals surface area contributed by atoms with E-state index in [2.05, 4.69) is 16.3 Å². The van der Waals surface area contributed by atoms with Gasteiger partial charge in [0.25, 0.3) is 0 Å². The van der Waals surface area contributed by atoms with Gasteiger partial charge in [-0.3, -0.25) is 0 Å². The minimum absolute atomic E-state index is 0.107. The van der Waals surface area contributed by atoms with E-state index in [9.17, 15) is 4.39 Å². The van der Waals surface area contributed by atoms with Gasteiger partial charge in [0.2, 0.25) is 0 Å². The molecular weight excluding hydrogens is 251 g/mol. The highest BCUT2D eigenvalue weighted by Gasteiger charge is 2.29. The van der Waals surface area contributed by atoms with Gasteiger partial charge in [0.05, 0.1) is 0 Å². The van der Waals surface area contributed by atoms with Crippen LogP contribution >= 0.6 is 0 Å². The fraction of sp³-hybridized carbons (Fsp3) is 0.647. The average molecular weight is 276 g/mol. The highest BCUT2D eigenvalue weighted by atomic mass is 19.1. The summed E-state index contributed by atoms with van der Waals surface area (Å²) in [5.74, 6) is 0.446. The van der Waals surface area contributed by atoms with E-state index in [0.29, 0.717) is 12.0 Å².